The van der Waals surface area contributed by atoms with E-state index in [2.05, 4.69) is 15.3 Å². The molecule has 1 N–H and O–H groups in total. The van der Waals surface area contributed by atoms with Crippen LogP contribution < -0.4 is 10.9 Å². The molecule has 0 aliphatic heterocycles. The number of aromatic nitrogens is 3. The highest BCUT2D eigenvalue weighted by atomic mass is 35.5. The summed E-state index contributed by atoms with van der Waals surface area (Å²) in [5, 5.41) is 2.57. The Balaban J connectivity index is 2.25. The van der Waals surface area contributed by atoms with Crippen molar-refractivity contribution >= 4 is 23.3 Å². The molecule has 18 heavy (non-hydrogen) atoms. The molecule has 0 aliphatic rings. The largest absolute Gasteiger partial charge is 0.319 e. The van der Waals surface area contributed by atoms with Gasteiger partial charge in [-0.2, -0.15) is 0 Å². The third-order valence-corrected chi connectivity index (χ3v) is 2.53. The third kappa shape index (κ3) is 2.54. The number of aryl methyl sites for hydroxylation is 1. The maximum absolute atomic E-state index is 11.8. The zero-order chi connectivity index (χ0) is 13.1. The maximum Gasteiger partial charge on any atom is 0.257 e. The van der Waals surface area contributed by atoms with E-state index in [4.69, 9.17) is 11.6 Å². The first kappa shape index (κ1) is 12.3. The van der Waals surface area contributed by atoms with Crippen LogP contribution in [0.5, 0.6) is 0 Å². The predicted octanol–water partition coefficient (Wildman–Crippen LogP) is 1.08. The van der Waals surface area contributed by atoms with Crippen LogP contribution in [-0.4, -0.2) is 20.4 Å². The number of amides is 1. The minimum atomic E-state index is -0.463. The molecule has 7 heteroatoms. The summed E-state index contributed by atoms with van der Waals surface area (Å²) in [6.07, 6.45) is 4.33. The van der Waals surface area contributed by atoms with Crippen molar-refractivity contribution < 1.29 is 4.79 Å². The fraction of sp³-hybridized carbons (Fsp3) is 0.0909. The van der Waals surface area contributed by atoms with E-state index in [-0.39, 0.29) is 22.1 Å². The number of rotatable bonds is 2. The summed E-state index contributed by atoms with van der Waals surface area (Å²) in [5.74, 6) is -0.306. The van der Waals surface area contributed by atoms with Crippen molar-refractivity contribution in [3.05, 3.63) is 51.8 Å². The Bertz CT molecular complexity index is 653. The number of anilines is 1. The van der Waals surface area contributed by atoms with E-state index in [1.807, 2.05) is 0 Å². The number of carbonyl (C=O) groups excluding carboxylic acids is 1. The second-order valence-corrected chi connectivity index (χ2v) is 3.87. The molecule has 6 nitrogen and oxygen atoms in total. The first-order valence-corrected chi connectivity index (χ1v) is 5.40. The summed E-state index contributed by atoms with van der Waals surface area (Å²) in [4.78, 5) is 30.9. The Labute approximate surface area is 107 Å². The van der Waals surface area contributed by atoms with Gasteiger partial charge in [0.2, 0.25) is 0 Å². The van der Waals surface area contributed by atoms with Gasteiger partial charge in [-0.25, -0.2) is 9.97 Å². The SMILES string of the molecule is Cn1ccc(C(=O)Nc2nccnc2Cl)cc1=O. The monoisotopic (exact) mass is 264 g/mol. The predicted molar refractivity (Wildman–Crippen MR) is 66.7 cm³/mol. The number of pyridine rings is 1. The standard InChI is InChI=1S/C11H9ClN4O2/c1-16-5-2-7(6-8(16)17)11(18)15-10-9(12)13-3-4-14-10/h2-6H,1H3,(H,14,15,18). The molecule has 0 unspecified atom stereocenters. The average Bonchev–Trinajstić information content (AvgIpc) is 2.35. The van der Waals surface area contributed by atoms with Crippen molar-refractivity contribution in [2.75, 3.05) is 5.32 Å². The van der Waals surface area contributed by atoms with E-state index in [9.17, 15) is 9.59 Å². The first-order valence-electron chi connectivity index (χ1n) is 5.02. The van der Waals surface area contributed by atoms with Crippen LogP contribution >= 0.6 is 11.6 Å². The Kier molecular flexibility index (Phi) is 3.38. The highest BCUT2D eigenvalue weighted by Crippen LogP contribution is 2.14. The lowest BCUT2D eigenvalue weighted by Crippen LogP contribution is -2.20. The Morgan fingerprint density at radius 3 is 2.78 bits per heavy atom. The van der Waals surface area contributed by atoms with Crippen LogP contribution in [0.4, 0.5) is 5.82 Å². The minimum absolute atomic E-state index is 0.0923. The molecular formula is C11H9ClN4O2. The number of halogens is 1. The zero-order valence-electron chi connectivity index (χ0n) is 9.42. The van der Waals surface area contributed by atoms with Gasteiger partial charge in [0.05, 0.1) is 0 Å². The second kappa shape index (κ2) is 4.97. The van der Waals surface area contributed by atoms with E-state index >= 15 is 0 Å². The van der Waals surface area contributed by atoms with E-state index in [0.717, 1.165) is 0 Å². The minimum Gasteiger partial charge on any atom is -0.319 e. The number of carbonyl (C=O) groups is 1. The van der Waals surface area contributed by atoms with Crippen molar-refractivity contribution in [2.45, 2.75) is 0 Å². The maximum atomic E-state index is 11.8. The fourth-order valence-corrected chi connectivity index (χ4v) is 1.43. The highest BCUT2D eigenvalue weighted by Gasteiger charge is 2.10. The van der Waals surface area contributed by atoms with Gasteiger partial charge in [0.25, 0.3) is 11.5 Å². The average molecular weight is 265 g/mol. The van der Waals surface area contributed by atoms with Crippen molar-refractivity contribution in [2.24, 2.45) is 7.05 Å². The molecule has 0 fully saturated rings. The van der Waals surface area contributed by atoms with E-state index < -0.39 is 5.91 Å². The van der Waals surface area contributed by atoms with Gasteiger partial charge in [-0.3, -0.25) is 9.59 Å². The van der Waals surface area contributed by atoms with Crippen LogP contribution in [0.2, 0.25) is 5.15 Å². The van der Waals surface area contributed by atoms with Crippen LogP contribution in [0, 0.1) is 0 Å². The molecule has 0 radical (unpaired) electrons. The van der Waals surface area contributed by atoms with Gasteiger partial charge >= 0.3 is 0 Å². The molecule has 0 aliphatic carbocycles. The van der Waals surface area contributed by atoms with Crippen molar-refractivity contribution in [1.29, 1.82) is 0 Å². The van der Waals surface area contributed by atoms with Gasteiger partial charge in [0.15, 0.2) is 11.0 Å². The van der Waals surface area contributed by atoms with Crippen LogP contribution in [0.3, 0.4) is 0 Å². The molecule has 92 valence electrons. The van der Waals surface area contributed by atoms with E-state index in [0.29, 0.717) is 0 Å². The normalized spacial score (nSPS) is 10.1. The molecule has 0 bridgehead atoms. The first-order chi connectivity index (χ1) is 8.58. The highest BCUT2D eigenvalue weighted by molar-refractivity contribution is 6.32. The van der Waals surface area contributed by atoms with Gasteiger partial charge in [-0.05, 0) is 6.07 Å². The second-order valence-electron chi connectivity index (χ2n) is 3.51. The topological polar surface area (TPSA) is 76.9 Å². The quantitative estimate of drug-likeness (QED) is 0.881. The van der Waals surface area contributed by atoms with Crippen LogP contribution in [0.15, 0.2) is 35.5 Å². The van der Waals surface area contributed by atoms with Gasteiger partial charge in [0, 0.05) is 37.3 Å². The molecule has 0 saturated carbocycles. The van der Waals surface area contributed by atoms with Crippen molar-refractivity contribution in [3.8, 4) is 0 Å². The lowest BCUT2D eigenvalue weighted by Gasteiger charge is -2.05. The number of nitrogens with zero attached hydrogens (tertiary/aromatic N) is 3. The molecule has 1 amide bonds. The van der Waals surface area contributed by atoms with E-state index in [1.54, 1.807) is 7.05 Å². The molecule has 2 heterocycles. The Hall–Kier alpha value is -2.21. The molecule has 2 rings (SSSR count). The van der Waals surface area contributed by atoms with Crippen molar-refractivity contribution in [3.63, 3.8) is 0 Å². The molecule has 0 spiro atoms. The molecular weight excluding hydrogens is 256 g/mol. The number of hydrogen-bond acceptors (Lipinski definition) is 4. The molecule has 0 atom stereocenters. The number of nitrogens with one attached hydrogen (secondary N) is 1. The van der Waals surface area contributed by atoms with Gasteiger partial charge in [-0.15, -0.1) is 0 Å². The summed E-state index contributed by atoms with van der Waals surface area (Å²) in [6.45, 7) is 0. The van der Waals surface area contributed by atoms with E-state index in [1.165, 1.54) is 35.3 Å². The van der Waals surface area contributed by atoms with Gasteiger partial charge in [0.1, 0.15) is 0 Å². The zero-order valence-corrected chi connectivity index (χ0v) is 10.2. The van der Waals surface area contributed by atoms with Gasteiger partial charge < -0.3 is 9.88 Å². The van der Waals surface area contributed by atoms with Crippen LogP contribution in [-0.2, 0) is 7.05 Å². The summed E-state index contributed by atoms with van der Waals surface area (Å²) >= 11 is 5.76. The molecule has 0 saturated heterocycles. The smallest absolute Gasteiger partial charge is 0.257 e. The third-order valence-electron chi connectivity index (χ3n) is 2.25. The molecule has 2 aromatic heterocycles. The van der Waals surface area contributed by atoms with Gasteiger partial charge in [-0.1, -0.05) is 11.6 Å². The van der Waals surface area contributed by atoms with Crippen LogP contribution in [0.1, 0.15) is 10.4 Å². The number of hydrogen-bond donors (Lipinski definition) is 1. The Morgan fingerprint density at radius 1 is 1.39 bits per heavy atom. The summed E-state index contributed by atoms with van der Waals surface area (Å²) in [5.41, 5.74) is -0.0345. The fourth-order valence-electron chi connectivity index (χ4n) is 1.27. The molecule has 0 aromatic carbocycles. The summed E-state index contributed by atoms with van der Waals surface area (Å²) in [7, 11) is 1.60. The summed E-state index contributed by atoms with van der Waals surface area (Å²) < 4.78 is 1.37. The van der Waals surface area contributed by atoms with Crippen LogP contribution in [0.25, 0.3) is 0 Å². The molecule has 2 aromatic rings. The Morgan fingerprint density at radius 2 is 2.11 bits per heavy atom. The summed E-state index contributed by atoms with van der Waals surface area (Å²) in [6, 6.07) is 2.76. The lowest BCUT2D eigenvalue weighted by molar-refractivity contribution is 0.102. The van der Waals surface area contributed by atoms with Crippen molar-refractivity contribution in [1.82, 2.24) is 14.5 Å². The lowest BCUT2D eigenvalue weighted by atomic mass is 10.2.